The van der Waals surface area contributed by atoms with Gasteiger partial charge >= 0.3 is 0 Å². The maximum atomic E-state index is 13.5. The monoisotopic (exact) mass is 513 g/mol. The minimum absolute atomic E-state index is 0.0616. The first-order chi connectivity index (χ1) is 15.4. The summed E-state index contributed by atoms with van der Waals surface area (Å²) in [7, 11) is -2.29. The van der Waals surface area contributed by atoms with Crippen molar-refractivity contribution in [3.05, 3.63) is 63.1 Å². The molecule has 1 N–H and O–H groups in total. The van der Waals surface area contributed by atoms with Gasteiger partial charge in [0.1, 0.15) is 12.6 Å². The van der Waals surface area contributed by atoms with Crippen LogP contribution in [0.4, 0.5) is 5.69 Å². The first-order valence-electron chi connectivity index (χ1n) is 10.4. The lowest BCUT2D eigenvalue weighted by Crippen LogP contribution is -2.51. The number of carbonyl (C=O) groups excluding carboxylic acids is 2. The number of halogens is 2. The van der Waals surface area contributed by atoms with Crippen molar-refractivity contribution < 1.29 is 18.0 Å². The van der Waals surface area contributed by atoms with Gasteiger partial charge in [-0.2, -0.15) is 0 Å². The van der Waals surface area contributed by atoms with Crippen molar-refractivity contribution in [2.75, 3.05) is 24.2 Å². The summed E-state index contributed by atoms with van der Waals surface area (Å²) in [5, 5.41) is 3.27. The third-order valence-electron chi connectivity index (χ3n) is 5.14. The molecule has 2 aromatic rings. The number of nitrogens with zero attached hydrogens (tertiary/aromatic N) is 2. The Morgan fingerprint density at radius 3 is 2.12 bits per heavy atom. The van der Waals surface area contributed by atoms with E-state index >= 15 is 0 Å². The molecule has 33 heavy (non-hydrogen) atoms. The zero-order chi connectivity index (χ0) is 24.9. The highest BCUT2D eigenvalue weighted by Gasteiger charge is 2.31. The molecule has 0 radical (unpaired) electrons. The molecule has 0 aliphatic carbocycles. The lowest BCUT2D eigenvalue weighted by molar-refractivity contribution is -0.140. The van der Waals surface area contributed by atoms with Crippen LogP contribution in [0.3, 0.4) is 0 Å². The summed E-state index contributed by atoms with van der Waals surface area (Å²) in [5.74, 6) is -0.857. The molecule has 0 fully saturated rings. The number of likely N-dealkylation sites (N-methyl/N-ethyl adjacent to an activating group) is 1. The van der Waals surface area contributed by atoms with Crippen LogP contribution in [0.2, 0.25) is 10.0 Å². The van der Waals surface area contributed by atoms with Gasteiger partial charge in [-0.3, -0.25) is 13.9 Å². The van der Waals surface area contributed by atoms with Crippen LogP contribution < -0.4 is 9.62 Å². The first kappa shape index (κ1) is 27.0. The lowest BCUT2D eigenvalue weighted by Gasteiger charge is -2.32. The molecule has 7 nitrogen and oxygen atoms in total. The average molecular weight is 514 g/mol. The Bertz CT molecular complexity index is 1120. The van der Waals surface area contributed by atoms with Gasteiger partial charge < -0.3 is 10.2 Å². The predicted molar refractivity (Wildman–Crippen MR) is 133 cm³/mol. The number of sulfonamides is 1. The fourth-order valence-corrected chi connectivity index (χ4v) is 4.78. The maximum Gasteiger partial charge on any atom is 0.244 e. The summed E-state index contributed by atoms with van der Waals surface area (Å²) in [4.78, 5) is 27.4. The molecule has 2 aromatic carbocycles. The second-order valence-electron chi connectivity index (χ2n) is 7.92. The Labute approximate surface area is 205 Å². The average Bonchev–Trinajstić information content (AvgIpc) is 2.72. The van der Waals surface area contributed by atoms with Crippen LogP contribution >= 0.6 is 23.2 Å². The SMILES string of the molecule is CC[C@@H](C(=O)NC)N(Cc1ccc(Cl)c(Cl)c1)C(=O)CN(c1cc(C)cc(C)c1)S(C)(=O)=O. The Hall–Kier alpha value is -2.29. The second-order valence-corrected chi connectivity index (χ2v) is 10.6. The molecular weight excluding hydrogens is 485 g/mol. The van der Waals surface area contributed by atoms with Crippen molar-refractivity contribution in [1.29, 1.82) is 0 Å². The summed E-state index contributed by atoms with van der Waals surface area (Å²) in [6.07, 6.45) is 1.40. The second kappa shape index (κ2) is 11.2. The van der Waals surface area contributed by atoms with Gasteiger partial charge in [0.25, 0.3) is 0 Å². The normalized spacial score (nSPS) is 12.2. The first-order valence-corrected chi connectivity index (χ1v) is 13.0. The molecule has 2 amide bonds. The molecular formula is C23H29Cl2N3O4S. The number of carbonyl (C=O) groups is 2. The molecule has 10 heteroatoms. The molecule has 0 unspecified atom stereocenters. The molecule has 0 saturated heterocycles. The van der Waals surface area contributed by atoms with Crippen molar-refractivity contribution in [2.45, 2.75) is 39.8 Å². The van der Waals surface area contributed by atoms with E-state index in [4.69, 9.17) is 23.2 Å². The van der Waals surface area contributed by atoms with Crippen LogP contribution in [-0.4, -0.2) is 51.0 Å². The summed E-state index contributed by atoms with van der Waals surface area (Å²) in [6.45, 7) is 5.11. The lowest BCUT2D eigenvalue weighted by atomic mass is 10.1. The number of anilines is 1. The van der Waals surface area contributed by atoms with Crippen LogP contribution in [0.15, 0.2) is 36.4 Å². The number of aryl methyl sites for hydroxylation is 2. The topological polar surface area (TPSA) is 86.8 Å². The number of rotatable bonds is 9. The Morgan fingerprint density at radius 2 is 1.64 bits per heavy atom. The summed E-state index contributed by atoms with van der Waals surface area (Å²) in [5.41, 5.74) is 2.80. The number of amides is 2. The predicted octanol–water partition coefficient (Wildman–Crippen LogP) is 3.93. The zero-order valence-electron chi connectivity index (χ0n) is 19.4. The highest BCUT2D eigenvalue weighted by molar-refractivity contribution is 7.92. The van der Waals surface area contributed by atoms with E-state index in [1.165, 1.54) is 11.9 Å². The molecule has 0 saturated carbocycles. The number of nitrogens with one attached hydrogen (secondary N) is 1. The van der Waals surface area contributed by atoms with Gasteiger partial charge in [0, 0.05) is 13.6 Å². The molecule has 180 valence electrons. The smallest absolute Gasteiger partial charge is 0.244 e. The van der Waals surface area contributed by atoms with E-state index in [1.54, 1.807) is 37.3 Å². The van der Waals surface area contributed by atoms with Gasteiger partial charge in [-0.05, 0) is 61.2 Å². The minimum Gasteiger partial charge on any atom is -0.357 e. The van der Waals surface area contributed by atoms with E-state index in [-0.39, 0.29) is 12.5 Å². The van der Waals surface area contributed by atoms with Gasteiger partial charge in [0.15, 0.2) is 0 Å². The van der Waals surface area contributed by atoms with Gasteiger partial charge in [0.2, 0.25) is 21.8 Å². The molecule has 0 aliphatic rings. The summed E-state index contributed by atoms with van der Waals surface area (Å²) >= 11 is 12.1. The van der Waals surface area contributed by atoms with Crippen molar-refractivity contribution in [3.8, 4) is 0 Å². The standard InChI is InChI=1S/C23H29Cl2N3O4S/c1-6-21(23(30)26-4)27(13-17-7-8-19(24)20(25)12-17)22(29)14-28(33(5,31)32)18-10-15(2)9-16(3)11-18/h7-12,21H,6,13-14H2,1-5H3,(H,26,30)/t21-/m0/s1. The van der Waals surface area contributed by atoms with E-state index in [2.05, 4.69) is 5.32 Å². The number of hydrogen-bond acceptors (Lipinski definition) is 4. The fraction of sp³-hybridized carbons (Fsp3) is 0.391. The van der Waals surface area contributed by atoms with E-state index in [9.17, 15) is 18.0 Å². The van der Waals surface area contributed by atoms with E-state index < -0.39 is 28.5 Å². The van der Waals surface area contributed by atoms with Crippen LogP contribution in [0.5, 0.6) is 0 Å². The van der Waals surface area contributed by atoms with Gasteiger partial charge in [-0.15, -0.1) is 0 Å². The van der Waals surface area contributed by atoms with Crippen LogP contribution in [0.25, 0.3) is 0 Å². The highest BCUT2D eigenvalue weighted by Crippen LogP contribution is 2.25. The van der Waals surface area contributed by atoms with E-state index in [1.807, 2.05) is 19.9 Å². The van der Waals surface area contributed by atoms with Crippen LogP contribution in [0, 0.1) is 13.8 Å². The maximum absolute atomic E-state index is 13.5. The fourth-order valence-electron chi connectivity index (χ4n) is 3.63. The van der Waals surface area contributed by atoms with Crippen molar-refractivity contribution >= 4 is 50.7 Å². The Morgan fingerprint density at radius 1 is 1.03 bits per heavy atom. The molecule has 2 rings (SSSR count). The van der Waals surface area contributed by atoms with E-state index in [0.29, 0.717) is 27.7 Å². The summed E-state index contributed by atoms with van der Waals surface area (Å²) in [6, 6.07) is 9.49. The van der Waals surface area contributed by atoms with Crippen LogP contribution in [0.1, 0.15) is 30.0 Å². The van der Waals surface area contributed by atoms with Gasteiger partial charge in [0.05, 0.1) is 22.0 Å². The minimum atomic E-state index is -3.78. The van der Waals surface area contributed by atoms with Gasteiger partial charge in [-0.25, -0.2) is 8.42 Å². The van der Waals surface area contributed by atoms with Crippen molar-refractivity contribution in [1.82, 2.24) is 10.2 Å². The van der Waals surface area contributed by atoms with Crippen molar-refractivity contribution in [3.63, 3.8) is 0 Å². The third-order valence-corrected chi connectivity index (χ3v) is 7.02. The van der Waals surface area contributed by atoms with Crippen molar-refractivity contribution in [2.24, 2.45) is 0 Å². The molecule has 1 atom stereocenters. The largest absolute Gasteiger partial charge is 0.357 e. The molecule has 0 aliphatic heterocycles. The summed E-state index contributed by atoms with van der Waals surface area (Å²) < 4.78 is 26.3. The number of hydrogen-bond donors (Lipinski definition) is 1. The Balaban J connectivity index is 2.48. The molecule has 0 aromatic heterocycles. The van der Waals surface area contributed by atoms with Gasteiger partial charge in [-0.1, -0.05) is 42.3 Å². The third kappa shape index (κ3) is 7.09. The van der Waals surface area contributed by atoms with Crippen LogP contribution in [-0.2, 0) is 26.2 Å². The number of benzene rings is 2. The molecule has 0 heterocycles. The zero-order valence-corrected chi connectivity index (χ0v) is 21.7. The molecule has 0 bridgehead atoms. The Kier molecular flexibility index (Phi) is 9.17. The quantitative estimate of drug-likeness (QED) is 0.550. The highest BCUT2D eigenvalue weighted by atomic mass is 35.5. The molecule has 0 spiro atoms. The van der Waals surface area contributed by atoms with E-state index in [0.717, 1.165) is 21.7 Å².